The highest BCUT2D eigenvalue weighted by Gasteiger charge is 2.52. The molecule has 2 heterocycles. The van der Waals surface area contributed by atoms with Crippen molar-refractivity contribution in [3.63, 3.8) is 0 Å². The summed E-state index contributed by atoms with van der Waals surface area (Å²) < 4.78 is 16.3. The van der Waals surface area contributed by atoms with Crippen molar-refractivity contribution in [3.8, 4) is 0 Å². The Hall–Kier alpha value is -2.59. The van der Waals surface area contributed by atoms with Gasteiger partial charge in [0.05, 0.1) is 6.42 Å². The second kappa shape index (κ2) is 8.65. The molecule has 0 radical (unpaired) electrons. The molecule has 1 aliphatic heterocycles. The van der Waals surface area contributed by atoms with Crippen LogP contribution in [0.15, 0.2) is 0 Å². The number of carbonyl (C=O) groups excluding carboxylic acids is 1. The number of aliphatic hydroxyl groups is 3. The van der Waals surface area contributed by atoms with Crippen LogP contribution in [0.5, 0.6) is 0 Å². The normalized spacial score (nSPS) is 26.2. The number of hydrogen-bond acceptors (Lipinski definition) is 10. The molecule has 1 saturated heterocycles. The van der Waals surface area contributed by atoms with Crippen molar-refractivity contribution >= 4 is 31.3 Å². The van der Waals surface area contributed by atoms with Crippen LogP contribution in [0.2, 0.25) is 0 Å². The molecular formula is C13H19N4O12P. The van der Waals surface area contributed by atoms with Gasteiger partial charge >= 0.3 is 19.5 Å². The van der Waals surface area contributed by atoms with Gasteiger partial charge in [0, 0.05) is 0 Å². The standard InChI is InChI=1S/C13H19N4O12P/c14-9-4(11(22)15-2(12(23)24)1-3(18)19)16-10(17-9)7-5(20)6(21)8(29-7)13(25)30(26,27)28/h2,5-8,13,20-21,25H,1,14H2,(H,15,22)(H,16,17)(H,18,19)(H,23,24)(H2,26,27,28)/t2-,5+,6-,7?,8-,13?/m0/s1. The Bertz CT molecular complexity index is 883. The third kappa shape index (κ3) is 4.93. The lowest BCUT2D eigenvalue weighted by atomic mass is 10.1. The van der Waals surface area contributed by atoms with Gasteiger partial charge in [0.15, 0.2) is 11.5 Å². The fourth-order valence-corrected chi connectivity index (χ4v) is 3.31. The summed E-state index contributed by atoms with van der Waals surface area (Å²) in [4.78, 5) is 58.1. The summed E-state index contributed by atoms with van der Waals surface area (Å²) in [5.41, 5.74) is 5.00. The molecule has 1 aromatic heterocycles. The van der Waals surface area contributed by atoms with E-state index in [1.807, 2.05) is 5.32 Å². The minimum absolute atomic E-state index is 0.380. The Morgan fingerprint density at radius 3 is 2.33 bits per heavy atom. The van der Waals surface area contributed by atoms with Gasteiger partial charge in [-0.2, -0.15) is 0 Å². The minimum atomic E-state index is -5.11. The van der Waals surface area contributed by atoms with Crippen LogP contribution in [0, 0.1) is 0 Å². The average molecular weight is 454 g/mol. The van der Waals surface area contributed by atoms with E-state index in [1.54, 1.807) is 0 Å². The van der Waals surface area contributed by atoms with Crippen molar-refractivity contribution in [1.29, 1.82) is 0 Å². The molecule has 2 unspecified atom stereocenters. The van der Waals surface area contributed by atoms with E-state index in [-0.39, 0.29) is 5.82 Å². The Labute approximate surface area is 166 Å². The van der Waals surface area contributed by atoms with Crippen LogP contribution in [0.3, 0.4) is 0 Å². The molecule has 0 bridgehead atoms. The fraction of sp³-hybridized carbons (Fsp3) is 0.538. The number of hydrogen-bond donors (Lipinski definition) is 10. The Morgan fingerprint density at radius 2 is 1.83 bits per heavy atom. The molecule has 16 nitrogen and oxygen atoms in total. The second-order valence-corrected chi connectivity index (χ2v) is 8.06. The number of aliphatic carboxylic acids is 2. The summed E-state index contributed by atoms with van der Waals surface area (Å²) >= 11 is 0. The Morgan fingerprint density at radius 1 is 1.23 bits per heavy atom. The Kier molecular flexibility index (Phi) is 6.83. The monoisotopic (exact) mass is 454 g/mol. The predicted molar refractivity (Wildman–Crippen MR) is 91.8 cm³/mol. The van der Waals surface area contributed by atoms with E-state index in [0.29, 0.717) is 0 Å². The zero-order chi connectivity index (χ0) is 23.0. The molecule has 0 spiro atoms. The summed E-state index contributed by atoms with van der Waals surface area (Å²) in [6.45, 7) is 0. The number of aromatic amines is 1. The van der Waals surface area contributed by atoms with Crippen LogP contribution < -0.4 is 11.1 Å². The second-order valence-electron chi connectivity index (χ2n) is 6.35. The third-order valence-corrected chi connectivity index (χ3v) is 5.14. The van der Waals surface area contributed by atoms with Crippen LogP contribution in [-0.4, -0.2) is 93.3 Å². The lowest BCUT2D eigenvalue weighted by Crippen LogP contribution is -2.42. The van der Waals surface area contributed by atoms with Gasteiger partial charge in [0.1, 0.15) is 42.1 Å². The number of imidazole rings is 1. The minimum Gasteiger partial charge on any atom is -0.481 e. The van der Waals surface area contributed by atoms with Gasteiger partial charge < -0.3 is 56.1 Å². The van der Waals surface area contributed by atoms with E-state index in [0.717, 1.165) is 0 Å². The van der Waals surface area contributed by atoms with Crippen molar-refractivity contribution in [2.24, 2.45) is 0 Å². The highest BCUT2D eigenvalue weighted by molar-refractivity contribution is 7.52. The van der Waals surface area contributed by atoms with Gasteiger partial charge in [0.25, 0.3) is 5.91 Å². The number of rotatable bonds is 8. The number of amides is 1. The van der Waals surface area contributed by atoms with E-state index < -0.39 is 79.7 Å². The van der Waals surface area contributed by atoms with Crippen LogP contribution in [0.1, 0.15) is 28.8 Å². The summed E-state index contributed by atoms with van der Waals surface area (Å²) in [5.74, 6) is -7.59. The van der Waals surface area contributed by atoms with E-state index >= 15 is 0 Å². The molecule has 0 aromatic carbocycles. The number of aliphatic hydroxyl groups excluding tert-OH is 3. The summed E-state index contributed by atoms with van der Waals surface area (Å²) in [6, 6.07) is -1.80. The van der Waals surface area contributed by atoms with Crippen molar-refractivity contribution in [3.05, 3.63) is 11.5 Å². The first-order valence-corrected chi connectivity index (χ1v) is 9.77. The zero-order valence-electron chi connectivity index (χ0n) is 14.8. The number of nitrogen functional groups attached to an aromatic ring is 1. The van der Waals surface area contributed by atoms with Gasteiger partial charge in [0.2, 0.25) is 0 Å². The average Bonchev–Trinajstić information content (AvgIpc) is 3.13. The molecule has 1 aromatic rings. The Balaban J connectivity index is 2.23. The number of H-pyrrole nitrogens is 1. The van der Waals surface area contributed by atoms with Gasteiger partial charge in [-0.1, -0.05) is 0 Å². The first-order chi connectivity index (χ1) is 13.7. The maximum absolute atomic E-state index is 12.2. The molecule has 2 rings (SSSR count). The van der Waals surface area contributed by atoms with Gasteiger partial charge in [-0.15, -0.1) is 0 Å². The number of carbonyl (C=O) groups is 3. The van der Waals surface area contributed by atoms with Crippen LogP contribution in [0.4, 0.5) is 5.82 Å². The maximum atomic E-state index is 12.2. The molecule has 17 heteroatoms. The molecule has 1 amide bonds. The van der Waals surface area contributed by atoms with Crippen LogP contribution in [0.25, 0.3) is 0 Å². The largest absolute Gasteiger partial charge is 0.481 e. The van der Waals surface area contributed by atoms with Crippen molar-refractivity contribution in [1.82, 2.24) is 15.3 Å². The van der Waals surface area contributed by atoms with Gasteiger partial charge in [-0.25, -0.2) is 9.78 Å². The highest BCUT2D eigenvalue weighted by atomic mass is 31.2. The van der Waals surface area contributed by atoms with Crippen molar-refractivity contribution in [2.75, 3.05) is 5.73 Å². The number of carboxylic acid groups (broad SMARTS) is 2. The van der Waals surface area contributed by atoms with E-state index in [2.05, 4.69) is 9.97 Å². The third-order valence-electron chi connectivity index (χ3n) is 4.16. The summed E-state index contributed by atoms with van der Waals surface area (Å²) in [6.07, 6.45) is -8.20. The van der Waals surface area contributed by atoms with E-state index in [1.165, 1.54) is 0 Å². The van der Waals surface area contributed by atoms with Crippen molar-refractivity contribution < 1.29 is 59.0 Å². The predicted octanol–water partition coefficient (Wildman–Crippen LogP) is -3.69. The molecular weight excluding hydrogens is 435 g/mol. The number of nitrogens with two attached hydrogens (primary N) is 1. The van der Waals surface area contributed by atoms with E-state index in [4.69, 9.17) is 30.5 Å². The molecule has 30 heavy (non-hydrogen) atoms. The maximum Gasteiger partial charge on any atom is 0.356 e. The molecule has 1 fully saturated rings. The molecule has 6 atom stereocenters. The number of aromatic nitrogens is 2. The quantitative estimate of drug-likeness (QED) is 0.169. The molecule has 168 valence electrons. The smallest absolute Gasteiger partial charge is 0.356 e. The van der Waals surface area contributed by atoms with Crippen LogP contribution in [-0.2, 0) is 18.9 Å². The lowest BCUT2D eigenvalue weighted by Gasteiger charge is -2.21. The van der Waals surface area contributed by atoms with Gasteiger partial charge in [-0.3, -0.25) is 14.2 Å². The topological polar surface area (TPSA) is 286 Å². The van der Waals surface area contributed by atoms with E-state index in [9.17, 15) is 34.3 Å². The molecule has 11 N–H and O–H groups in total. The number of nitrogens with one attached hydrogen (secondary N) is 2. The zero-order valence-corrected chi connectivity index (χ0v) is 15.7. The van der Waals surface area contributed by atoms with Gasteiger partial charge in [-0.05, 0) is 0 Å². The highest BCUT2D eigenvalue weighted by Crippen LogP contribution is 2.47. The number of carboxylic acids is 2. The SMILES string of the molecule is Nc1[nH]c(C2O[C@H](C(O)P(=O)(O)O)[C@@H](O)[C@H]2O)nc1C(=O)N[C@@H](CC(=O)O)C(=O)O. The number of ether oxygens (including phenoxy) is 1. The van der Waals surface area contributed by atoms with Crippen molar-refractivity contribution in [2.45, 2.75) is 42.7 Å². The molecule has 0 saturated carbocycles. The molecule has 1 aliphatic rings. The summed E-state index contributed by atoms with van der Waals surface area (Å²) in [7, 11) is -5.11. The fourth-order valence-electron chi connectivity index (χ4n) is 2.68. The molecule has 0 aliphatic carbocycles. The summed E-state index contributed by atoms with van der Waals surface area (Å²) in [5, 5.41) is 49.2. The number of nitrogens with zero attached hydrogens (tertiary/aromatic N) is 1. The van der Waals surface area contributed by atoms with Crippen LogP contribution >= 0.6 is 7.60 Å². The first-order valence-electron chi connectivity index (χ1n) is 8.09. The lowest BCUT2D eigenvalue weighted by molar-refractivity contribution is -0.145. The first kappa shape index (κ1) is 23.7. The number of anilines is 1.